The minimum atomic E-state index is -4.18. The van der Waals surface area contributed by atoms with Gasteiger partial charge in [-0.3, -0.25) is 14.1 Å². The molecule has 36 heavy (non-hydrogen) atoms. The summed E-state index contributed by atoms with van der Waals surface area (Å²) in [4.78, 5) is 24.5. The summed E-state index contributed by atoms with van der Waals surface area (Å²) >= 11 is 0. The molecule has 198 valence electrons. The molecule has 2 heterocycles. The number of benzene rings is 1. The Hall–Kier alpha value is -2.50. The van der Waals surface area contributed by atoms with Crippen molar-refractivity contribution in [3.8, 4) is 5.75 Å². The summed E-state index contributed by atoms with van der Waals surface area (Å²) in [6.45, 7) is 0.204. The van der Waals surface area contributed by atoms with Crippen molar-refractivity contribution in [1.29, 1.82) is 0 Å². The van der Waals surface area contributed by atoms with Gasteiger partial charge in [-0.15, -0.1) is 0 Å². The number of nitrogens with one attached hydrogen (secondary N) is 2. The molecule has 3 N–H and O–H groups in total. The van der Waals surface area contributed by atoms with Crippen LogP contribution in [-0.4, -0.2) is 72.9 Å². The van der Waals surface area contributed by atoms with Crippen LogP contribution >= 0.6 is 7.75 Å². The molecule has 1 aromatic rings. The maximum absolute atomic E-state index is 15.5. The lowest BCUT2D eigenvalue weighted by Crippen LogP contribution is -2.52. The van der Waals surface area contributed by atoms with E-state index in [1.54, 1.807) is 12.1 Å². The number of halogens is 1. The molecule has 13 heteroatoms. The molecule has 1 fully saturated rings. The van der Waals surface area contributed by atoms with Crippen LogP contribution in [0.15, 0.2) is 30.5 Å². The minimum absolute atomic E-state index is 0.0127. The third-order valence-corrected chi connectivity index (χ3v) is 7.97. The fraction of sp³-hybridized carbons (Fsp3) is 0.565. The average Bonchev–Trinajstić information content (AvgIpc) is 3.10. The molecule has 4 rings (SSSR count). The zero-order valence-electron chi connectivity index (χ0n) is 20.1. The normalized spacial score (nSPS) is 29.3. The van der Waals surface area contributed by atoms with E-state index >= 15 is 4.39 Å². The van der Waals surface area contributed by atoms with Crippen LogP contribution in [0.3, 0.4) is 0 Å². The Labute approximate surface area is 208 Å². The molecule has 0 spiro atoms. The topological polar surface area (TPSA) is 136 Å². The molecule has 5 atom stereocenters. The first-order valence-electron chi connectivity index (χ1n) is 11.7. The summed E-state index contributed by atoms with van der Waals surface area (Å²) in [5.41, 5.74) is -0.228. The largest absolute Gasteiger partial charge is 0.468 e. The number of carbonyl (C=O) groups excluding carboxylic acids is 2. The van der Waals surface area contributed by atoms with Crippen molar-refractivity contribution in [3.63, 3.8) is 0 Å². The highest BCUT2D eigenvalue weighted by Gasteiger charge is 2.56. The Morgan fingerprint density at radius 1 is 1.39 bits per heavy atom. The number of aliphatic hydroxyl groups excluding tert-OH is 1. The highest BCUT2D eigenvalue weighted by atomic mass is 31.2. The number of nitrogens with zero attached hydrogens (tertiary/aromatic N) is 1. The first-order valence-corrected chi connectivity index (χ1v) is 13.3. The highest BCUT2D eigenvalue weighted by Crippen LogP contribution is 2.47. The van der Waals surface area contributed by atoms with Crippen LogP contribution < -0.4 is 14.9 Å². The number of rotatable bonds is 9. The van der Waals surface area contributed by atoms with Gasteiger partial charge in [-0.05, 0) is 49.8 Å². The molecule has 1 amide bonds. The van der Waals surface area contributed by atoms with Gasteiger partial charge < -0.3 is 29.3 Å². The van der Waals surface area contributed by atoms with Crippen LogP contribution in [0, 0.1) is 0 Å². The van der Waals surface area contributed by atoms with E-state index in [0.29, 0.717) is 5.75 Å². The maximum atomic E-state index is 15.5. The number of aryl methyl sites for hydroxylation is 1. The second-order valence-electron chi connectivity index (χ2n) is 9.05. The molecule has 0 radical (unpaired) electrons. The Morgan fingerprint density at radius 2 is 2.17 bits per heavy atom. The van der Waals surface area contributed by atoms with Gasteiger partial charge in [0.05, 0.1) is 20.4 Å². The predicted octanol–water partition coefficient (Wildman–Crippen LogP) is 1.55. The quantitative estimate of drug-likeness (QED) is 0.321. The lowest BCUT2D eigenvalue weighted by atomic mass is 9.91. The van der Waals surface area contributed by atoms with E-state index in [0.717, 1.165) is 36.8 Å². The second-order valence-corrected chi connectivity index (χ2v) is 10.8. The highest BCUT2D eigenvalue weighted by molar-refractivity contribution is 7.52. The number of amides is 1. The van der Waals surface area contributed by atoms with Gasteiger partial charge in [0.25, 0.3) is 0 Å². The van der Waals surface area contributed by atoms with Gasteiger partial charge in [-0.25, -0.2) is 14.0 Å². The number of methoxy groups -OCH3 is 1. The number of aliphatic hydroxyl groups is 1. The molecule has 5 unspecified atom stereocenters. The van der Waals surface area contributed by atoms with Crippen LogP contribution in [0.4, 0.5) is 4.39 Å². The van der Waals surface area contributed by atoms with E-state index in [4.69, 9.17) is 13.8 Å². The number of carbonyl (C=O) groups is 2. The van der Waals surface area contributed by atoms with Crippen molar-refractivity contribution < 1.29 is 42.2 Å². The molecule has 11 nitrogen and oxygen atoms in total. The smallest absolute Gasteiger partial charge is 0.459 e. The standard InChI is InChI=1S/C23H31FN3O8P/c1-23(24)21(30)18(34-22(23)27-11-10-19(28)25-14-27)13-33-36(31,26-12-20(29)32-2)35-17-9-5-7-15-6-3-4-8-16(15)17/h5,7,9-11,18,21-22,30H,3-4,6,8,12-14H2,1-2H3,(H,25,28)(H,26,31). The molecule has 2 aliphatic heterocycles. The van der Waals surface area contributed by atoms with Gasteiger partial charge >= 0.3 is 13.7 Å². The molecule has 1 saturated heterocycles. The summed E-state index contributed by atoms with van der Waals surface area (Å²) in [7, 11) is -3.00. The van der Waals surface area contributed by atoms with Crippen molar-refractivity contribution in [2.24, 2.45) is 0 Å². The molecule has 1 aromatic carbocycles. The number of hydrogen-bond donors (Lipinski definition) is 3. The Morgan fingerprint density at radius 3 is 2.89 bits per heavy atom. The SMILES string of the molecule is COC(=O)CNP(=O)(OCC1OC(N2C=CC(=O)NC2)C(C)(F)C1O)Oc1cccc2c1CCCC2. The first-order chi connectivity index (χ1) is 17.1. The maximum Gasteiger partial charge on any atom is 0.459 e. The Kier molecular flexibility index (Phi) is 8.01. The van der Waals surface area contributed by atoms with E-state index in [-0.39, 0.29) is 12.6 Å². The van der Waals surface area contributed by atoms with Crippen molar-refractivity contribution in [2.75, 3.05) is 26.9 Å². The van der Waals surface area contributed by atoms with Gasteiger partial charge in [-0.1, -0.05) is 12.1 Å². The number of esters is 1. The van der Waals surface area contributed by atoms with Crippen LogP contribution in [0.5, 0.6) is 5.75 Å². The van der Waals surface area contributed by atoms with Gasteiger partial charge in [0, 0.05) is 12.3 Å². The second kappa shape index (κ2) is 10.9. The lowest BCUT2D eigenvalue weighted by molar-refractivity contribution is -0.139. The van der Waals surface area contributed by atoms with E-state index in [2.05, 4.69) is 15.1 Å². The van der Waals surface area contributed by atoms with E-state index < -0.39 is 51.0 Å². The summed E-state index contributed by atoms with van der Waals surface area (Å²) < 4.78 is 50.8. The Bertz CT molecular complexity index is 1070. The molecular weight excluding hydrogens is 496 g/mol. The summed E-state index contributed by atoms with van der Waals surface area (Å²) in [5, 5.41) is 15.6. The number of ether oxygens (including phenoxy) is 2. The van der Waals surface area contributed by atoms with Crippen LogP contribution in [0.1, 0.15) is 30.9 Å². The summed E-state index contributed by atoms with van der Waals surface area (Å²) in [5.74, 6) is -0.656. The molecule has 1 aliphatic carbocycles. The number of alkyl halides is 1. The van der Waals surface area contributed by atoms with Crippen molar-refractivity contribution in [1.82, 2.24) is 15.3 Å². The zero-order valence-corrected chi connectivity index (χ0v) is 21.0. The molecule has 0 aromatic heterocycles. The first kappa shape index (κ1) is 26.6. The third kappa shape index (κ3) is 5.73. The monoisotopic (exact) mass is 527 g/mol. The van der Waals surface area contributed by atoms with E-state index in [1.807, 2.05) is 6.07 Å². The summed E-state index contributed by atoms with van der Waals surface area (Å²) in [6.07, 6.45) is 2.14. The molecule has 0 bridgehead atoms. The van der Waals surface area contributed by atoms with E-state index in [9.17, 15) is 19.3 Å². The molecule has 3 aliphatic rings. The summed E-state index contributed by atoms with van der Waals surface area (Å²) in [6, 6.07) is 5.45. The van der Waals surface area contributed by atoms with Crippen molar-refractivity contribution in [3.05, 3.63) is 41.6 Å². The number of hydrogen-bond acceptors (Lipinski definition) is 9. The van der Waals surface area contributed by atoms with Crippen LogP contribution in [0.25, 0.3) is 0 Å². The minimum Gasteiger partial charge on any atom is -0.468 e. The van der Waals surface area contributed by atoms with Gasteiger partial charge in [0.15, 0.2) is 11.9 Å². The molecule has 0 saturated carbocycles. The lowest BCUT2D eigenvalue weighted by Gasteiger charge is -2.34. The third-order valence-electron chi connectivity index (χ3n) is 6.50. The van der Waals surface area contributed by atoms with Crippen LogP contribution in [-0.2, 0) is 41.0 Å². The zero-order chi connectivity index (χ0) is 25.9. The van der Waals surface area contributed by atoms with Gasteiger partial charge in [-0.2, -0.15) is 0 Å². The molecular formula is C23H31FN3O8P. The fourth-order valence-electron chi connectivity index (χ4n) is 4.49. The fourth-order valence-corrected chi connectivity index (χ4v) is 5.80. The number of fused-ring (bicyclic) bond motifs is 1. The van der Waals surface area contributed by atoms with Crippen molar-refractivity contribution in [2.45, 2.75) is 56.7 Å². The predicted molar refractivity (Wildman–Crippen MR) is 125 cm³/mol. The Balaban J connectivity index is 1.50. The average molecular weight is 527 g/mol. The van der Waals surface area contributed by atoms with Gasteiger partial charge in [0.1, 0.15) is 24.5 Å². The van der Waals surface area contributed by atoms with Crippen molar-refractivity contribution >= 4 is 19.6 Å². The van der Waals surface area contributed by atoms with Gasteiger partial charge in [0.2, 0.25) is 5.91 Å². The van der Waals surface area contributed by atoms with Crippen LogP contribution in [0.2, 0.25) is 0 Å². The van der Waals surface area contributed by atoms with E-state index in [1.165, 1.54) is 31.2 Å².